The van der Waals surface area contributed by atoms with Crippen LogP contribution in [0.4, 0.5) is 5.69 Å². The largest absolute Gasteiger partial charge is 0.370 e. The monoisotopic (exact) mass is 344 g/mol. The lowest BCUT2D eigenvalue weighted by atomic mass is 10.0. The molecule has 5 nitrogen and oxygen atoms in total. The maximum absolute atomic E-state index is 11.8. The van der Waals surface area contributed by atoms with E-state index in [1.54, 1.807) is 0 Å². The molecule has 128 valence electrons. The van der Waals surface area contributed by atoms with Gasteiger partial charge in [-0.1, -0.05) is 32.0 Å². The van der Waals surface area contributed by atoms with Gasteiger partial charge in [0.1, 0.15) is 0 Å². The SMILES string of the molecule is CC(C)c1cccc(NC(N)=NCCCNC(=O)c2cccs2)c1. The predicted molar refractivity (Wildman–Crippen MR) is 102 cm³/mol. The fourth-order valence-electron chi connectivity index (χ4n) is 2.14. The van der Waals surface area contributed by atoms with Gasteiger partial charge in [0.05, 0.1) is 4.88 Å². The Balaban J connectivity index is 1.72. The van der Waals surface area contributed by atoms with E-state index >= 15 is 0 Å². The van der Waals surface area contributed by atoms with Crippen LogP contribution in [-0.4, -0.2) is 25.0 Å². The minimum Gasteiger partial charge on any atom is -0.370 e. The van der Waals surface area contributed by atoms with Gasteiger partial charge in [0.15, 0.2) is 5.96 Å². The van der Waals surface area contributed by atoms with Gasteiger partial charge in [0, 0.05) is 18.8 Å². The molecule has 0 spiro atoms. The molecule has 2 aromatic rings. The number of thiophene rings is 1. The van der Waals surface area contributed by atoms with Crippen molar-refractivity contribution >= 4 is 28.9 Å². The van der Waals surface area contributed by atoms with Crippen LogP contribution in [0.2, 0.25) is 0 Å². The summed E-state index contributed by atoms with van der Waals surface area (Å²) in [6.07, 6.45) is 0.742. The van der Waals surface area contributed by atoms with Gasteiger partial charge in [0.2, 0.25) is 0 Å². The van der Waals surface area contributed by atoms with Crippen molar-refractivity contribution in [2.45, 2.75) is 26.2 Å². The molecule has 1 amide bonds. The second kappa shape index (κ2) is 9.08. The normalized spacial score (nSPS) is 11.5. The molecule has 0 unspecified atom stereocenters. The molecule has 0 saturated carbocycles. The van der Waals surface area contributed by atoms with E-state index in [1.165, 1.54) is 16.9 Å². The fraction of sp³-hybridized carbons (Fsp3) is 0.333. The molecule has 0 atom stereocenters. The highest BCUT2D eigenvalue weighted by atomic mass is 32.1. The first-order chi connectivity index (χ1) is 11.6. The lowest BCUT2D eigenvalue weighted by molar-refractivity contribution is 0.0957. The summed E-state index contributed by atoms with van der Waals surface area (Å²) in [7, 11) is 0. The average Bonchev–Trinajstić information content (AvgIpc) is 3.09. The first kappa shape index (κ1) is 18.0. The van der Waals surface area contributed by atoms with Crippen LogP contribution in [0.3, 0.4) is 0 Å². The summed E-state index contributed by atoms with van der Waals surface area (Å²) in [5, 5.41) is 7.86. The molecule has 1 aromatic heterocycles. The molecule has 0 fully saturated rings. The summed E-state index contributed by atoms with van der Waals surface area (Å²) < 4.78 is 0. The molecule has 0 aliphatic rings. The van der Waals surface area contributed by atoms with Gasteiger partial charge in [-0.3, -0.25) is 9.79 Å². The Morgan fingerprint density at radius 1 is 1.29 bits per heavy atom. The molecular formula is C18H24N4OS. The van der Waals surface area contributed by atoms with Gasteiger partial charge < -0.3 is 16.4 Å². The fourth-order valence-corrected chi connectivity index (χ4v) is 2.78. The Morgan fingerprint density at radius 3 is 2.83 bits per heavy atom. The van der Waals surface area contributed by atoms with E-state index in [1.807, 2.05) is 29.6 Å². The maximum Gasteiger partial charge on any atom is 0.261 e. The van der Waals surface area contributed by atoms with Crippen LogP contribution in [0.25, 0.3) is 0 Å². The van der Waals surface area contributed by atoms with Crippen molar-refractivity contribution in [3.05, 3.63) is 52.2 Å². The van der Waals surface area contributed by atoms with Gasteiger partial charge in [-0.25, -0.2) is 0 Å². The Morgan fingerprint density at radius 2 is 2.12 bits per heavy atom. The first-order valence-corrected chi connectivity index (χ1v) is 8.93. The van der Waals surface area contributed by atoms with E-state index in [9.17, 15) is 4.79 Å². The molecular weight excluding hydrogens is 320 g/mol. The van der Waals surface area contributed by atoms with E-state index in [2.05, 4.69) is 41.6 Å². The molecule has 1 aromatic carbocycles. The van der Waals surface area contributed by atoms with Crippen molar-refractivity contribution in [3.63, 3.8) is 0 Å². The Bertz CT molecular complexity index is 680. The number of hydrogen-bond donors (Lipinski definition) is 3. The number of benzene rings is 1. The number of nitrogens with two attached hydrogens (primary N) is 1. The lowest BCUT2D eigenvalue weighted by Gasteiger charge is -2.10. The number of amides is 1. The number of hydrogen-bond acceptors (Lipinski definition) is 3. The van der Waals surface area contributed by atoms with Crippen molar-refractivity contribution in [2.24, 2.45) is 10.7 Å². The molecule has 2 rings (SSSR count). The maximum atomic E-state index is 11.8. The number of rotatable bonds is 7. The topological polar surface area (TPSA) is 79.5 Å². The molecule has 4 N–H and O–H groups in total. The number of aliphatic imine (C=N–C) groups is 1. The average molecular weight is 344 g/mol. The van der Waals surface area contributed by atoms with Crippen LogP contribution in [0.1, 0.15) is 41.4 Å². The number of nitrogens with zero attached hydrogens (tertiary/aromatic N) is 1. The van der Waals surface area contributed by atoms with E-state index in [-0.39, 0.29) is 5.91 Å². The zero-order valence-corrected chi connectivity index (χ0v) is 14.9. The molecule has 24 heavy (non-hydrogen) atoms. The molecule has 0 bridgehead atoms. The minimum absolute atomic E-state index is 0.0365. The van der Waals surface area contributed by atoms with Gasteiger partial charge in [-0.2, -0.15) is 0 Å². The Labute approximate surface area is 147 Å². The number of nitrogens with one attached hydrogen (secondary N) is 2. The highest BCUT2D eigenvalue weighted by Gasteiger charge is 2.04. The van der Waals surface area contributed by atoms with Gasteiger partial charge in [0.25, 0.3) is 5.91 Å². The van der Waals surface area contributed by atoms with E-state index in [0.29, 0.717) is 25.0 Å². The molecule has 0 aliphatic carbocycles. The van der Waals surface area contributed by atoms with Crippen LogP contribution in [0, 0.1) is 0 Å². The lowest BCUT2D eigenvalue weighted by Crippen LogP contribution is -2.25. The zero-order valence-electron chi connectivity index (χ0n) is 14.1. The standard InChI is InChI=1S/C18H24N4OS/c1-13(2)14-6-3-7-15(12-14)22-18(19)21-10-5-9-20-17(23)16-8-4-11-24-16/h3-4,6-8,11-13H,5,9-10H2,1-2H3,(H,20,23)(H3,19,21,22). The van der Waals surface area contributed by atoms with Crippen molar-refractivity contribution in [2.75, 3.05) is 18.4 Å². The van der Waals surface area contributed by atoms with Crippen LogP contribution >= 0.6 is 11.3 Å². The van der Waals surface area contributed by atoms with Gasteiger partial charge >= 0.3 is 0 Å². The van der Waals surface area contributed by atoms with Crippen molar-refractivity contribution in [1.82, 2.24) is 5.32 Å². The van der Waals surface area contributed by atoms with E-state index < -0.39 is 0 Å². The molecule has 0 radical (unpaired) electrons. The summed E-state index contributed by atoms with van der Waals surface area (Å²) in [6.45, 7) is 5.45. The third kappa shape index (κ3) is 5.70. The zero-order chi connectivity index (χ0) is 17.4. The van der Waals surface area contributed by atoms with Crippen molar-refractivity contribution in [1.29, 1.82) is 0 Å². The van der Waals surface area contributed by atoms with Crippen LogP contribution in [-0.2, 0) is 0 Å². The second-order valence-corrected chi connectivity index (χ2v) is 6.71. The number of guanidine groups is 1. The van der Waals surface area contributed by atoms with E-state index in [4.69, 9.17) is 5.73 Å². The van der Waals surface area contributed by atoms with Crippen LogP contribution < -0.4 is 16.4 Å². The first-order valence-electron chi connectivity index (χ1n) is 8.05. The number of anilines is 1. The number of carbonyl (C=O) groups is 1. The summed E-state index contributed by atoms with van der Waals surface area (Å²) in [4.78, 5) is 16.8. The Hall–Kier alpha value is -2.34. The third-order valence-electron chi connectivity index (χ3n) is 3.47. The van der Waals surface area contributed by atoms with Gasteiger partial charge in [-0.15, -0.1) is 11.3 Å². The quantitative estimate of drug-likeness (QED) is 0.409. The smallest absolute Gasteiger partial charge is 0.261 e. The summed E-state index contributed by atoms with van der Waals surface area (Å²) in [5.41, 5.74) is 8.10. The summed E-state index contributed by atoms with van der Waals surface area (Å²) in [5.74, 6) is 0.822. The molecule has 0 saturated heterocycles. The highest BCUT2D eigenvalue weighted by molar-refractivity contribution is 7.12. The molecule has 0 aliphatic heterocycles. The van der Waals surface area contributed by atoms with Crippen LogP contribution in [0.5, 0.6) is 0 Å². The minimum atomic E-state index is -0.0365. The third-order valence-corrected chi connectivity index (χ3v) is 4.34. The van der Waals surface area contributed by atoms with Crippen LogP contribution in [0.15, 0.2) is 46.8 Å². The highest BCUT2D eigenvalue weighted by Crippen LogP contribution is 2.18. The molecule has 6 heteroatoms. The van der Waals surface area contributed by atoms with Gasteiger partial charge in [-0.05, 0) is 41.5 Å². The molecule has 1 heterocycles. The van der Waals surface area contributed by atoms with Crippen molar-refractivity contribution in [3.8, 4) is 0 Å². The van der Waals surface area contributed by atoms with E-state index in [0.717, 1.165) is 17.0 Å². The van der Waals surface area contributed by atoms with Crippen molar-refractivity contribution < 1.29 is 4.79 Å². The Kier molecular flexibility index (Phi) is 6.81. The number of carbonyl (C=O) groups excluding carboxylic acids is 1. The second-order valence-electron chi connectivity index (χ2n) is 5.76. The predicted octanol–water partition coefficient (Wildman–Crippen LogP) is 3.42. The summed E-state index contributed by atoms with van der Waals surface area (Å²) >= 11 is 1.43. The summed E-state index contributed by atoms with van der Waals surface area (Å²) in [6, 6.07) is 11.8.